The molecule has 0 atom stereocenters. The molecule has 0 N–H and O–H groups in total. The average Bonchev–Trinajstić information content (AvgIpc) is 3.65. The fourth-order valence-electron chi connectivity index (χ4n) is 7.20. The Hall–Kier alpha value is -6.06. The monoisotopic (exact) mass is 604 g/mol. The summed E-state index contributed by atoms with van der Waals surface area (Å²) < 4.78 is 9.04. The molecule has 0 spiro atoms. The van der Waals surface area contributed by atoms with E-state index < -0.39 is 0 Å². The molecular weight excluding hydrogens is 572 g/mol. The fourth-order valence-corrected chi connectivity index (χ4v) is 7.20. The molecule has 7 aromatic carbocycles. The van der Waals surface area contributed by atoms with E-state index in [1.807, 2.05) is 12.1 Å². The molecule has 0 saturated carbocycles. The summed E-state index contributed by atoms with van der Waals surface area (Å²) in [5, 5.41) is 4.77. The molecule has 0 radical (unpaired) electrons. The van der Waals surface area contributed by atoms with Crippen LogP contribution >= 0.6 is 0 Å². The van der Waals surface area contributed by atoms with Crippen LogP contribution in [0.1, 0.15) is 11.1 Å². The molecule has 0 unspecified atom stereocenters. The second-order valence-corrected chi connectivity index (χ2v) is 12.3. The number of furan rings is 1. The van der Waals surface area contributed by atoms with E-state index in [0.717, 1.165) is 55.8 Å². The van der Waals surface area contributed by atoms with E-state index in [0.29, 0.717) is 0 Å². The number of aryl methyl sites for hydroxylation is 2. The van der Waals surface area contributed by atoms with Crippen LogP contribution in [0.5, 0.6) is 0 Å². The predicted octanol–water partition coefficient (Wildman–Crippen LogP) is 12.4. The SMILES string of the molecule is Cc1ccc2c(c1)c1cc(C)ccc1n2-c1ccccc1-c1ccccc1N(c1ccccc1)c1cccc2c1oc1ccccc12. The second kappa shape index (κ2) is 10.8. The van der Waals surface area contributed by atoms with Gasteiger partial charge in [0.1, 0.15) is 5.58 Å². The van der Waals surface area contributed by atoms with Gasteiger partial charge in [-0.15, -0.1) is 0 Å². The van der Waals surface area contributed by atoms with E-state index in [4.69, 9.17) is 4.42 Å². The smallest absolute Gasteiger partial charge is 0.159 e. The second-order valence-electron chi connectivity index (χ2n) is 12.3. The van der Waals surface area contributed by atoms with Gasteiger partial charge < -0.3 is 13.9 Å². The standard InChI is InChI=1S/C44H32N2O/c1-29-23-25-40-36(27-29)37-28-30(2)24-26-41(37)46(40)39-20-10-7-16-33(39)32-15-6-9-19-38(32)45(31-13-4-3-5-14-31)42-21-12-18-35-34-17-8-11-22-43(34)47-44(35)42/h3-28H,1-2H3. The molecule has 3 heteroatoms. The molecule has 0 aliphatic rings. The van der Waals surface area contributed by atoms with Crippen LogP contribution in [0.2, 0.25) is 0 Å². The van der Waals surface area contributed by atoms with Gasteiger partial charge in [-0.2, -0.15) is 0 Å². The third-order valence-corrected chi connectivity index (χ3v) is 9.29. The molecule has 0 saturated heterocycles. The van der Waals surface area contributed by atoms with E-state index in [9.17, 15) is 0 Å². The van der Waals surface area contributed by atoms with Crippen LogP contribution in [0.15, 0.2) is 162 Å². The number of hydrogen-bond donors (Lipinski definition) is 0. The summed E-state index contributed by atoms with van der Waals surface area (Å²) in [4.78, 5) is 2.34. The van der Waals surface area contributed by atoms with Crippen molar-refractivity contribution in [2.24, 2.45) is 0 Å². The lowest BCUT2D eigenvalue weighted by Crippen LogP contribution is -2.11. The van der Waals surface area contributed by atoms with Crippen LogP contribution < -0.4 is 4.90 Å². The highest BCUT2D eigenvalue weighted by molar-refractivity contribution is 6.12. The number of benzene rings is 7. The van der Waals surface area contributed by atoms with Gasteiger partial charge in [0.2, 0.25) is 0 Å². The molecule has 2 aromatic heterocycles. The van der Waals surface area contributed by atoms with E-state index in [1.165, 1.54) is 32.9 Å². The van der Waals surface area contributed by atoms with Crippen molar-refractivity contribution >= 4 is 60.8 Å². The Morgan fingerprint density at radius 1 is 0.468 bits per heavy atom. The molecule has 0 aliphatic heterocycles. The number of hydrogen-bond acceptors (Lipinski definition) is 2. The predicted molar refractivity (Wildman–Crippen MR) is 198 cm³/mol. The molecule has 9 rings (SSSR count). The average molecular weight is 605 g/mol. The maximum Gasteiger partial charge on any atom is 0.159 e. The maximum absolute atomic E-state index is 6.61. The lowest BCUT2D eigenvalue weighted by molar-refractivity contribution is 0.669. The van der Waals surface area contributed by atoms with Crippen LogP contribution in [0.25, 0.3) is 60.6 Å². The first-order chi connectivity index (χ1) is 23.2. The molecule has 9 aromatic rings. The lowest BCUT2D eigenvalue weighted by Gasteiger charge is -2.28. The van der Waals surface area contributed by atoms with Gasteiger partial charge in [0.15, 0.2) is 5.58 Å². The Morgan fingerprint density at radius 2 is 1.06 bits per heavy atom. The minimum absolute atomic E-state index is 0.869. The van der Waals surface area contributed by atoms with Crippen molar-refractivity contribution in [1.29, 1.82) is 0 Å². The molecule has 0 amide bonds. The lowest BCUT2D eigenvalue weighted by atomic mass is 9.99. The largest absolute Gasteiger partial charge is 0.454 e. The van der Waals surface area contributed by atoms with Crippen molar-refractivity contribution in [3.05, 3.63) is 169 Å². The zero-order chi connectivity index (χ0) is 31.5. The minimum Gasteiger partial charge on any atom is -0.454 e. The summed E-state index contributed by atoms with van der Waals surface area (Å²) in [7, 11) is 0. The number of rotatable bonds is 5. The van der Waals surface area contributed by atoms with Crippen LogP contribution in [0.3, 0.4) is 0 Å². The van der Waals surface area contributed by atoms with Crippen molar-refractivity contribution in [3.63, 3.8) is 0 Å². The molecule has 0 bridgehead atoms. The Bertz CT molecular complexity index is 2550. The Kier molecular flexibility index (Phi) is 6.26. The highest BCUT2D eigenvalue weighted by atomic mass is 16.3. The summed E-state index contributed by atoms with van der Waals surface area (Å²) in [5.41, 5.74) is 13.2. The van der Waals surface area contributed by atoms with Gasteiger partial charge in [-0.25, -0.2) is 0 Å². The van der Waals surface area contributed by atoms with Crippen molar-refractivity contribution in [3.8, 4) is 16.8 Å². The highest BCUT2D eigenvalue weighted by Crippen LogP contribution is 2.46. The van der Waals surface area contributed by atoms with Crippen molar-refractivity contribution in [2.75, 3.05) is 4.90 Å². The summed E-state index contributed by atoms with van der Waals surface area (Å²) in [6.07, 6.45) is 0. The Balaban J connectivity index is 1.33. The van der Waals surface area contributed by atoms with E-state index in [2.05, 4.69) is 169 Å². The van der Waals surface area contributed by atoms with E-state index >= 15 is 0 Å². The summed E-state index contributed by atoms with van der Waals surface area (Å²) >= 11 is 0. The van der Waals surface area contributed by atoms with Crippen LogP contribution in [0, 0.1) is 13.8 Å². The number of para-hydroxylation sites is 5. The third-order valence-electron chi connectivity index (χ3n) is 9.29. The van der Waals surface area contributed by atoms with E-state index in [-0.39, 0.29) is 0 Å². The first kappa shape index (κ1) is 27.3. The highest BCUT2D eigenvalue weighted by Gasteiger charge is 2.23. The zero-order valence-corrected chi connectivity index (χ0v) is 26.3. The topological polar surface area (TPSA) is 21.3 Å². The Labute approximate surface area is 273 Å². The van der Waals surface area contributed by atoms with Gasteiger partial charge >= 0.3 is 0 Å². The molecule has 224 valence electrons. The maximum atomic E-state index is 6.61. The summed E-state index contributed by atoms with van der Waals surface area (Å²) in [6.45, 7) is 4.34. The van der Waals surface area contributed by atoms with Crippen molar-refractivity contribution in [2.45, 2.75) is 13.8 Å². The number of anilines is 3. The summed E-state index contributed by atoms with van der Waals surface area (Å²) in [6, 6.07) is 56.4. The van der Waals surface area contributed by atoms with Gasteiger partial charge in [-0.3, -0.25) is 0 Å². The normalized spacial score (nSPS) is 11.6. The van der Waals surface area contributed by atoms with Crippen LogP contribution in [-0.2, 0) is 0 Å². The fraction of sp³-hybridized carbons (Fsp3) is 0.0455. The molecule has 47 heavy (non-hydrogen) atoms. The van der Waals surface area contributed by atoms with Crippen LogP contribution in [0.4, 0.5) is 17.1 Å². The van der Waals surface area contributed by atoms with Gasteiger partial charge in [-0.05, 0) is 74.5 Å². The molecule has 0 aliphatic carbocycles. The molecule has 3 nitrogen and oxygen atoms in total. The number of nitrogens with zero attached hydrogens (tertiary/aromatic N) is 2. The van der Waals surface area contributed by atoms with Gasteiger partial charge in [-0.1, -0.05) is 108 Å². The number of aromatic nitrogens is 1. The van der Waals surface area contributed by atoms with Gasteiger partial charge in [0.25, 0.3) is 0 Å². The third kappa shape index (κ3) is 4.35. The first-order valence-corrected chi connectivity index (χ1v) is 16.1. The van der Waals surface area contributed by atoms with Gasteiger partial charge in [0.05, 0.1) is 28.1 Å². The quantitative estimate of drug-likeness (QED) is 0.195. The molecule has 0 fully saturated rings. The van der Waals surface area contributed by atoms with Crippen molar-refractivity contribution < 1.29 is 4.42 Å². The zero-order valence-electron chi connectivity index (χ0n) is 26.3. The van der Waals surface area contributed by atoms with Crippen LogP contribution in [-0.4, -0.2) is 4.57 Å². The Morgan fingerprint density at radius 3 is 1.83 bits per heavy atom. The minimum atomic E-state index is 0.869. The number of fused-ring (bicyclic) bond motifs is 6. The summed E-state index contributed by atoms with van der Waals surface area (Å²) in [5.74, 6) is 0. The molecular formula is C44H32N2O. The van der Waals surface area contributed by atoms with E-state index in [1.54, 1.807) is 0 Å². The first-order valence-electron chi connectivity index (χ1n) is 16.1. The van der Waals surface area contributed by atoms with Crippen molar-refractivity contribution in [1.82, 2.24) is 4.57 Å². The van der Waals surface area contributed by atoms with Gasteiger partial charge in [0, 0.05) is 38.4 Å². The molecule has 2 heterocycles.